The summed E-state index contributed by atoms with van der Waals surface area (Å²) in [7, 11) is 0. The van der Waals surface area contributed by atoms with Crippen molar-refractivity contribution in [1.29, 1.82) is 0 Å². The van der Waals surface area contributed by atoms with Gasteiger partial charge in [-0.15, -0.1) is 5.10 Å². The van der Waals surface area contributed by atoms with Gasteiger partial charge in [0, 0.05) is 0 Å². The molecule has 19 heavy (non-hydrogen) atoms. The number of phenolic OH excluding ortho intramolecular Hbond substituents is 1. The molecule has 100 valence electrons. The number of hydrogen-bond donors (Lipinski definition) is 3. The Kier molecular flexibility index (Phi) is 3.65. The number of anilines is 1. The Morgan fingerprint density at radius 3 is 3.05 bits per heavy atom. The lowest BCUT2D eigenvalue weighted by Gasteiger charge is -2.05. The summed E-state index contributed by atoms with van der Waals surface area (Å²) in [4.78, 5) is 15.9. The zero-order chi connectivity index (χ0) is 13.8. The minimum atomic E-state index is -0.472. The second-order valence-electron chi connectivity index (χ2n) is 3.82. The number of aromatic nitrogens is 3. The molecule has 3 N–H and O–H groups in total. The summed E-state index contributed by atoms with van der Waals surface area (Å²) in [5.74, 6) is -0.362. The van der Waals surface area contributed by atoms with E-state index < -0.39 is 5.91 Å². The molecule has 7 heteroatoms. The van der Waals surface area contributed by atoms with Crippen LogP contribution in [0.5, 0.6) is 11.8 Å². The van der Waals surface area contributed by atoms with E-state index in [2.05, 4.69) is 20.5 Å². The maximum Gasteiger partial charge on any atom is 0.337 e. The topological polar surface area (TPSA) is 100 Å². The van der Waals surface area contributed by atoms with Crippen molar-refractivity contribution in [3.05, 3.63) is 29.3 Å². The minimum absolute atomic E-state index is 0.0513. The van der Waals surface area contributed by atoms with Gasteiger partial charge in [-0.25, -0.2) is 5.10 Å². The van der Waals surface area contributed by atoms with E-state index in [-0.39, 0.29) is 23.3 Å². The van der Waals surface area contributed by atoms with E-state index in [9.17, 15) is 9.90 Å². The molecule has 1 heterocycles. The third-order valence-corrected chi connectivity index (χ3v) is 2.45. The molecular weight excluding hydrogens is 248 g/mol. The molecular formula is C12H14N4O3. The van der Waals surface area contributed by atoms with Gasteiger partial charge in [0.25, 0.3) is 5.91 Å². The van der Waals surface area contributed by atoms with Crippen LogP contribution in [0.2, 0.25) is 0 Å². The highest BCUT2D eigenvalue weighted by molar-refractivity contribution is 6.05. The molecule has 2 rings (SSSR count). The fourth-order valence-corrected chi connectivity index (χ4v) is 1.51. The third kappa shape index (κ3) is 2.82. The number of nitrogens with one attached hydrogen (secondary N) is 2. The molecule has 0 radical (unpaired) electrons. The van der Waals surface area contributed by atoms with Crippen LogP contribution in [0.25, 0.3) is 0 Å². The van der Waals surface area contributed by atoms with Crippen LogP contribution >= 0.6 is 0 Å². The SMILES string of the molecule is CCOc1n[nH]c(NC(=O)c2cccc(C)c2O)n1. The van der Waals surface area contributed by atoms with Crippen molar-refractivity contribution in [2.24, 2.45) is 0 Å². The van der Waals surface area contributed by atoms with Crippen LogP contribution in [0.15, 0.2) is 18.2 Å². The Bertz CT molecular complexity index is 594. The molecule has 0 spiro atoms. The van der Waals surface area contributed by atoms with Gasteiger partial charge in [-0.3, -0.25) is 10.1 Å². The summed E-state index contributed by atoms with van der Waals surface area (Å²) in [6.07, 6.45) is 0. The molecule has 0 aliphatic rings. The summed E-state index contributed by atoms with van der Waals surface area (Å²) in [6.45, 7) is 3.96. The second-order valence-corrected chi connectivity index (χ2v) is 3.82. The number of carbonyl (C=O) groups is 1. The second kappa shape index (κ2) is 5.38. The first-order valence-electron chi connectivity index (χ1n) is 5.77. The monoisotopic (exact) mass is 262 g/mol. The summed E-state index contributed by atoms with van der Waals surface area (Å²) in [5, 5.41) is 18.6. The first-order chi connectivity index (χ1) is 9.11. The number of nitrogens with zero attached hydrogens (tertiary/aromatic N) is 2. The van der Waals surface area contributed by atoms with Crippen LogP contribution in [0.4, 0.5) is 5.95 Å². The van der Waals surface area contributed by atoms with Crippen molar-refractivity contribution >= 4 is 11.9 Å². The summed E-state index contributed by atoms with van der Waals surface area (Å²) in [5.41, 5.74) is 0.801. The maximum atomic E-state index is 12.0. The highest BCUT2D eigenvalue weighted by atomic mass is 16.5. The number of benzene rings is 1. The van der Waals surface area contributed by atoms with Gasteiger partial charge in [0.2, 0.25) is 5.95 Å². The van der Waals surface area contributed by atoms with Gasteiger partial charge in [0.05, 0.1) is 12.2 Å². The molecule has 7 nitrogen and oxygen atoms in total. The number of rotatable bonds is 4. The minimum Gasteiger partial charge on any atom is -0.507 e. The molecule has 0 saturated carbocycles. The Morgan fingerprint density at radius 2 is 2.32 bits per heavy atom. The van der Waals surface area contributed by atoms with E-state index in [0.717, 1.165) is 0 Å². The highest BCUT2D eigenvalue weighted by Gasteiger charge is 2.14. The van der Waals surface area contributed by atoms with Gasteiger partial charge < -0.3 is 9.84 Å². The van der Waals surface area contributed by atoms with Gasteiger partial charge >= 0.3 is 6.01 Å². The first kappa shape index (κ1) is 12.9. The zero-order valence-corrected chi connectivity index (χ0v) is 10.6. The lowest BCUT2D eigenvalue weighted by atomic mass is 10.1. The number of aromatic amines is 1. The number of hydrogen-bond acceptors (Lipinski definition) is 5. The number of H-pyrrole nitrogens is 1. The largest absolute Gasteiger partial charge is 0.507 e. The fourth-order valence-electron chi connectivity index (χ4n) is 1.51. The lowest BCUT2D eigenvalue weighted by Crippen LogP contribution is -2.13. The van der Waals surface area contributed by atoms with E-state index >= 15 is 0 Å². The van der Waals surface area contributed by atoms with Crippen molar-refractivity contribution in [1.82, 2.24) is 15.2 Å². The Hall–Kier alpha value is -2.57. The van der Waals surface area contributed by atoms with E-state index in [1.165, 1.54) is 6.07 Å². The van der Waals surface area contributed by atoms with Crippen molar-refractivity contribution in [3.8, 4) is 11.8 Å². The molecule has 0 unspecified atom stereocenters. The molecule has 1 amide bonds. The summed E-state index contributed by atoms with van der Waals surface area (Å²) < 4.78 is 5.06. The smallest absolute Gasteiger partial charge is 0.337 e. The number of para-hydroxylation sites is 1. The molecule has 0 aliphatic carbocycles. The number of phenols is 1. The van der Waals surface area contributed by atoms with Crippen molar-refractivity contribution < 1.29 is 14.6 Å². The molecule has 1 aromatic carbocycles. The Labute approximate surface area is 109 Å². The van der Waals surface area contributed by atoms with Crippen LogP contribution in [0, 0.1) is 6.92 Å². The molecule has 0 aliphatic heterocycles. The Morgan fingerprint density at radius 1 is 1.53 bits per heavy atom. The van der Waals surface area contributed by atoms with Gasteiger partial charge in [0.1, 0.15) is 5.75 Å². The van der Waals surface area contributed by atoms with Crippen molar-refractivity contribution in [2.45, 2.75) is 13.8 Å². The van der Waals surface area contributed by atoms with Gasteiger partial charge in [-0.1, -0.05) is 12.1 Å². The first-order valence-corrected chi connectivity index (χ1v) is 5.77. The molecule has 1 aromatic heterocycles. The number of amides is 1. The molecule has 0 saturated heterocycles. The van der Waals surface area contributed by atoms with E-state index in [0.29, 0.717) is 12.2 Å². The Balaban J connectivity index is 2.14. The number of ether oxygens (including phenoxy) is 1. The van der Waals surface area contributed by atoms with Crippen LogP contribution in [-0.2, 0) is 0 Å². The predicted molar refractivity (Wildman–Crippen MR) is 68.3 cm³/mol. The molecule has 2 aromatic rings. The van der Waals surface area contributed by atoms with Crippen LogP contribution in [0.3, 0.4) is 0 Å². The van der Waals surface area contributed by atoms with E-state index in [1.807, 2.05) is 0 Å². The standard InChI is InChI=1S/C12H14N4O3/c1-3-19-12-14-11(15-16-12)13-10(18)8-6-4-5-7(2)9(8)17/h4-6,17H,3H2,1-2H3,(H2,13,14,15,16,18). The molecule has 0 bridgehead atoms. The van der Waals surface area contributed by atoms with Crippen molar-refractivity contribution in [3.63, 3.8) is 0 Å². The predicted octanol–water partition coefficient (Wildman–Crippen LogP) is 1.47. The average molecular weight is 262 g/mol. The lowest BCUT2D eigenvalue weighted by molar-refractivity contribution is 0.102. The van der Waals surface area contributed by atoms with Gasteiger partial charge in [-0.2, -0.15) is 4.98 Å². The van der Waals surface area contributed by atoms with Gasteiger partial charge in [-0.05, 0) is 25.5 Å². The normalized spacial score (nSPS) is 10.2. The summed E-state index contributed by atoms with van der Waals surface area (Å²) in [6, 6.07) is 5.09. The molecule has 0 fully saturated rings. The van der Waals surface area contributed by atoms with Crippen LogP contribution in [0.1, 0.15) is 22.8 Å². The zero-order valence-electron chi connectivity index (χ0n) is 10.6. The molecule has 0 atom stereocenters. The summed E-state index contributed by atoms with van der Waals surface area (Å²) >= 11 is 0. The van der Waals surface area contributed by atoms with Gasteiger partial charge in [0.15, 0.2) is 0 Å². The number of aryl methyl sites for hydroxylation is 1. The fraction of sp³-hybridized carbons (Fsp3) is 0.250. The van der Waals surface area contributed by atoms with Crippen molar-refractivity contribution in [2.75, 3.05) is 11.9 Å². The number of carbonyl (C=O) groups excluding carboxylic acids is 1. The van der Waals surface area contributed by atoms with E-state index in [1.54, 1.807) is 26.0 Å². The quantitative estimate of drug-likeness (QED) is 0.774. The van der Waals surface area contributed by atoms with Crippen LogP contribution in [-0.4, -0.2) is 32.8 Å². The third-order valence-electron chi connectivity index (χ3n) is 2.45. The number of aromatic hydroxyl groups is 1. The maximum absolute atomic E-state index is 12.0. The van der Waals surface area contributed by atoms with E-state index in [4.69, 9.17) is 4.74 Å². The average Bonchev–Trinajstić information content (AvgIpc) is 2.80. The van der Waals surface area contributed by atoms with Crippen LogP contribution < -0.4 is 10.1 Å². The highest BCUT2D eigenvalue weighted by Crippen LogP contribution is 2.22.